The molecule has 3 aliphatic heterocycles. The van der Waals surface area contributed by atoms with Crippen molar-refractivity contribution in [1.82, 2.24) is 19.4 Å². The molecular formula is C24H28FN5O5. The molecule has 186 valence electrons. The standard InChI is InChI=1S/C24H28FN5O5/c25-18-3-1-17(2-4-18)22(31)27-13-8-24(34,9-14-27)15-29-16-26-21-20(35-29)7-12-30(21)19-5-10-28(11-6-19)23(32)33/h1-4,7,12,16,19,34H,5-6,8-11,13-15H2,(H,32,33). The van der Waals surface area contributed by atoms with E-state index in [4.69, 9.17) is 9.94 Å². The first-order valence-electron chi connectivity index (χ1n) is 11.8. The summed E-state index contributed by atoms with van der Waals surface area (Å²) in [4.78, 5) is 37.4. The normalized spacial score (nSPS) is 19.9. The van der Waals surface area contributed by atoms with E-state index >= 15 is 0 Å². The molecule has 0 aliphatic carbocycles. The number of aliphatic hydroxyl groups is 1. The number of rotatable bonds is 4. The van der Waals surface area contributed by atoms with Crippen molar-refractivity contribution >= 4 is 24.2 Å². The number of carbonyl (C=O) groups is 2. The minimum Gasteiger partial charge on any atom is -0.465 e. The Balaban J connectivity index is 1.16. The number of nitrogens with zero attached hydrogens (tertiary/aromatic N) is 5. The molecule has 0 saturated carbocycles. The van der Waals surface area contributed by atoms with E-state index < -0.39 is 11.7 Å². The summed E-state index contributed by atoms with van der Waals surface area (Å²) < 4.78 is 15.2. The smallest absolute Gasteiger partial charge is 0.407 e. The van der Waals surface area contributed by atoms with E-state index in [1.807, 2.05) is 16.8 Å². The SMILES string of the molecule is O=C(O)N1CCC(n2ccc3c2N=CN(CC2(O)CCN(C(=O)c4ccc(F)cc4)CC2)O3)CC1. The number of carboxylic acid groups (broad SMARTS) is 1. The van der Waals surface area contributed by atoms with Gasteiger partial charge in [-0.2, -0.15) is 5.06 Å². The van der Waals surface area contributed by atoms with Gasteiger partial charge in [0.1, 0.15) is 12.2 Å². The summed E-state index contributed by atoms with van der Waals surface area (Å²) in [5.41, 5.74) is -0.621. The summed E-state index contributed by atoms with van der Waals surface area (Å²) in [7, 11) is 0. The fourth-order valence-electron chi connectivity index (χ4n) is 4.94. The zero-order chi connectivity index (χ0) is 24.6. The van der Waals surface area contributed by atoms with Crippen LogP contribution < -0.4 is 4.84 Å². The molecule has 0 unspecified atom stereocenters. The highest BCUT2D eigenvalue weighted by molar-refractivity contribution is 5.94. The molecule has 10 nitrogen and oxygen atoms in total. The van der Waals surface area contributed by atoms with Gasteiger partial charge in [-0.3, -0.25) is 4.79 Å². The van der Waals surface area contributed by atoms with E-state index in [2.05, 4.69) is 4.99 Å². The van der Waals surface area contributed by atoms with Crippen molar-refractivity contribution < 1.29 is 29.0 Å². The number of halogens is 1. The van der Waals surface area contributed by atoms with E-state index in [1.165, 1.54) is 34.2 Å². The van der Waals surface area contributed by atoms with Crippen molar-refractivity contribution in [1.29, 1.82) is 0 Å². The molecule has 35 heavy (non-hydrogen) atoms. The van der Waals surface area contributed by atoms with Crippen LogP contribution in [0.5, 0.6) is 5.75 Å². The Morgan fingerprint density at radius 1 is 1.06 bits per heavy atom. The number of amides is 2. The van der Waals surface area contributed by atoms with Gasteiger partial charge in [-0.1, -0.05) is 0 Å². The minimum absolute atomic E-state index is 0.147. The average molecular weight is 486 g/mol. The van der Waals surface area contributed by atoms with E-state index in [-0.39, 0.29) is 24.3 Å². The van der Waals surface area contributed by atoms with Gasteiger partial charge in [0, 0.05) is 50.0 Å². The number of hydroxylamine groups is 2. The predicted molar refractivity (Wildman–Crippen MR) is 124 cm³/mol. The molecule has 1 aromatic carbocycles. The molecule has 3 aliphatic rings. The van der Waals surface area contributed by atoms with Gasteiger partial charge < -0.3 is 29.4 Å². The predicted octanol–water partition coefficient (Wildman–Crippen LogP) is 2.88. The lowest BCUT2D eigenvalue weighted by Gasteiger charge is -2.40. The number of aliphatic imine (C=N–C) groups is 1. The van der Waals surface area contributed by atoms with Gasteiger partial charge in [-0.25, -0.2) is 14.2 Å². The zero-order valence-corrected chi connectivity index (χ0v) is 19.2. The third-order valence-corrected chi connectivity index (χ3v) is 7.03. The number of piperidine rings is 2. The zero-order valence-electron chi connectivity index (χ0n) is 19.2. The van der Waals surface area contributed by atoms with E-state index in [1.54, 1.807) is 11.2 Å². The van der Waals surface area contributed by atoms with Crippen molar-refractivity contribution in [2.45, 2.75) is 37.3 Å². The fourth-order valence-corrected chi connectivity index (χ4v) is 4.94. The molecule has 0 spiro atoms. The second-order valence-corrected chi connectivity index (χ2v) is 9.35. The van der Waals surface area contributed by atoms with Gasteiger partial charge in [-0.15, -0.1) is 0 Å². The summed E-state index contributed by atoms with van der Waals surface area (Å²) in [6, 6.07) is 7.44. The maximum absolute atomic E-state index is 13.1. The molecule has 4 heterocycles. The van der Waals surface area contributed by atoms with Crippen molar-refractivity contribution in [3.63, 3.8) is 0 Å². The lowest BCUT2D eigenvalue weighted by Crippen LogP contribution is -2.52. The summed E-state index contributed by atoms with van der Waals surface area (Å²) in [5, 5.41) is 21.8. The molecule has 11 heteroatoms. The first-order chi connectivity index (χ1) is 16.8. The van der Waals surface area contributed by atoms with Gasteiger partial charge in [0.15, 0.2) is 11.6 Å². The second kappa shape index (κ2) is 9.21. The summed E-state index contributed by atoms with van der Waals surface area (Å²) in [6.45, 7) is 1.94. The van der Waals surface area contributed by atoms with Crippen LogP contribution in [0.25, 0.3) is 0 Å². The van der Waals surface area contributed by atoms with Crippen molar-refractivity contribution in [2.24, 2.45) is 4.99 Å². The molecule has 5 rings (SSSR count). The summed E-state index contributed by atoms with van der Waals surface area (Å²) in [6.07, 6.45) is 4.74. The Morgan fingerprint density at radius 3 is 2.40 bits per heavy atom. The lowest BCUT2D eigenvalue weighted by atomic mass is 9.91. The second-order valence-electron chi connectivity index (χ2n) is 9.35. The molecule has 0 atom stereocenters. The molecule has 2 amide bonds. The van der Waals surface area contributed by atoms with Crippen LogP contribution in [0, 0.1) is 5.82 Å². The third-order valence-electron chi connectivity index (χ3n) is 7.03. The van der Waals surface area contributed by atoms with Crippen LogP contribution in [-0.2, 0) is 0 Å². The molecule has 2 N–H and O–H groups in total. The average Bonchev–Trinajstić information content (AvgIpc) is 3.27. The van der Waals surface area contributed by atoms with Crippen molar-refractivity contribution in [3.05, 3.63) is 47.9 Å². The molecule has 1 aromatic heterocycles. The van der Waals surface area contributed by atoms with E-state index in [0.29, 0.717) is 69.0 Å². The molecule has 2 aromatic rings. The van der Waals surface area contributed by atoms with Crippen LogP contribution in [0.3, 0.4) is 0 Å². The van der Waals surface area contributed by atoms with Gasteiger partial charge in [0.05, 0.1) is 12.1 Å². The first kappa shape index (κ1) is 23.2. The number of hydrogen-bond donors (Lipinski definition) is 2. The number of aromatic nitrogens is 1. The Hall–Kier alpha value is -3.60. The quantitative estimate of drug-likeness (QED) is 0.689. The monoisotopic (exact) mass is 485 g/mol. The fraction of sp³-hybridized carbons (Fsp3) is 0.458. The molecule has 0 bridgehead atoms. The number of benzene rings is 1. The largest absolute Gasteiger partial charge is 0.465 e. The Bertz CT molecular complexity index is 1120. The maximum Gasteiger partial charge on any atom is 0.407 e. The first-order valence-corrected chi connectivity index (χ1v) is 11.8. The van der Waals surface area contributed by atoms with Crippen LogP contribution in [0.2, 0.25) is 0 Å². The van der Waals surface area contributed by atoms with Gasteiger partial charge >= 0.3 is 6.09 Å². The van der Waals surface area contributed by atoms with Gasteiger partial charge in [0.2, 0.25) is 0 Å². The molecule has 2 saturated heterocycles. The van der Waals surface area contributed by atoms with Crippen LogP contribution in [0.1, 0.15) is 42.1 Å². The van der Waals surface area contributed by atoms with Crippen LogP contribution in [0.15, 0.2) is 41.5 Å². The number of fused-ring (bicyclic) bond motifs is 1. The Morgan fingerprint density at radius 2 is 1.74 bits per heavy atom. The maximum atomic E-state index is 13.1. The number of β-amino-alcohol motifs (C(OH)–C–C–N with tert-alkyl or cyclic N) is 1. The highest BCUT2D eigenvalue weighted by Crippen LogP contribution is 2.38. The summed E-state index contributed by atoms with van der Waals surface area (Å²) in [5.74, 6) is 0.699. The van der Waals surface area contributed by atoms with Gasteiger partial charge in [-0.05, 0) is 49.9 Å². The van der Waals surface area contributed by atoms with Crippen LogP contribution >= 0.6 is 0 Å². The Kier molecular flexibility index (Phi) is 6.10. The number of carbonyl (C=O) groups excluding carboxylic acids is 1. The topological polar surface area (TPSA) is 111 Å². The lowest BCUT2D eigenvalue weighted by molar-refractivity contribution is -0.0868. The van der Waals surface area contributed by atoms with Crippen molar-refractivity contribution in [3.8, 4) is 5.75 Å². The van der Waals surface area contributed by atoms with Gasteiger partial charge in [0.25, 0.3) is 5.91 Å². The summed E-state index contributed by atoms with van der Waals surface area (Å²) >= 11 is 0. The van der Waals surface area contributed by atoms with Crippen LogP contribution in [0.4, 0.5) is 15.0 Å². The highest BCUT2D eigenvalue weighted by atomic mass is 19.1. The number of likely N-dealkylation sites (tertiary alicyclic amines) is 2. The third kappa shape index (κ3) is 4.81. The Labute approximate surface area is 201 Å². The number of hydrogen-bond acceptors (Lipinski definition) is 6. The van der Waals surface area contributed by atoms with Crippen LogP contribution in [-0.4, -0.2) is 86.3 Å². The van der Waals surface area contributed by atoms with Crippen molar-refractivity contribution in [2.75, 3.05) is 32.7 Å². The van der Waals surface area contributed by atoms with E-state index in [9.17, 15) is 19.1 Å². The highest BCUT2D eigenvalue weighted by Gasteiger charge is 2.37. The molecule has 2 fully saturated rings. The van der Waals surface area contributed by atoms with E-state index in [0.717, 1.165) is 0 Å². The minimum atomic E-state index is -1.05. The molecule has 0 radical (unpaired) electrons. The molecular weight excluding hydrogens is 457 g/mol.